The van der Waals surface area contributed by atoms with Crippen molar-refractivity contribution < 1.29 is 14.2 Å². The maximum absolute atomic E-state index is 13.1. The number of ether oxygens (including phenoxy) is 1. The normalized spacial score (nSPS) is 12.2. The molecule has 0 aliphatic rings. The Bertz CT molecular complexity index is 572. The number of benzene rings is 2. The van der Waals surface area contributed by atoms with E-state index in [1.165, 1.54) is 18.2 Å². The van der Waals surface area contributed by atoms with Gasteiger partial charge in [0.2, 0.25) is 0 Å². The van der Waals surface area contributed by atoms with E-state index >= 15 is 0 Å². The maximum Gasteiger partial charge on any atom is 0.142 e. The molecule has 0 aromatic heterocycles. The Morgan fingerprint density at radius 1 is 1.26 bits per heavy atom. The molecular formula is C15H14ClFO2. The summed E-state index contributed by atoms with van der Waals surface area (Å²) in [4.78, 5) is 0. The van der Waals surface area contributed by atoms with Crippen LogP contribution in [0.5, 0.6) is 11.5 Å². The summed E-state index contributed by atoms with van der Waals surface area (Å²) in [7, 11) is 0. The first-order chi connectivity index (χ1) is 9.11. The predicted octanol–water partition coefficient (Wildman–Crippen LogP) is 4.71. The minimum absolute atomic E-state index is 0.00558. The molecule has 4 heteroatoms. The van der Waals surface area contributed by atoms with Gasteiger partial charge in [0.1, 0.15) is 17.3 Å². The molecule has 0 amide bonds. The average molecular weight is 281 g/mol. The topological polar surface area (TPSA) is 29.5 Å². The Morgan fingerprint density at radius 3 is 2.68 bits per heavy atom. The molecular weight excluding hydrogens is 267 g/mol. The maximum atomic E-state index is 13.1. The van der Waals surface area contributed by atoms with Crippen molar-refractivity contribution in [3.05, 3.63) is 58.9 Å². The smallest absolute Gasteiger partial charge is 0.142 e. The zero-order valence-electron chi connectivity index (χ0n) is 10.4. The van der Waals surface area contributed by atoms with E-state index in [0.717, 1.165) is 0 Å². The molecule has 2 aromatic carbocycles. The van der Waals surface area contributed by atoms with Gasteiger partial charge in [0.05, 0.1) is 11.1 Å². The van der Waals surface area contributed by atoms with Crippen LogP contribution in [0.4, 0.5) is 4.39 Å². The highest BCUT2D eigenvalue weighted by atomic mass is 35.5. The lowest BCUT2D eigenvalue weighted by Crippen LogP contribution is -1.98. The third-order valence-corrected chi connectivity index (χ3v) is 3.07. The van der Waals surface area contributed by atoms with Gasteiger partial charge in [0.25, 0.3) is 0 Å². The first kappa shape index (κ1) is 13.8. The predicted molar refractivity (Wildman–Crippen MR) is 73.2 cm³/mol. The van der Waals surface area contributed by atoms with E-state index in [1.54, 1.807) is 12.1 Å². The summed E-state index contributed by atoms with van der Waals surface area (Å²) in [5, 5.41) is 9.93. The van der Waals surface area contributed by atoms with E-state index in [-0.39, 0.29) is 5.02 Å². The Hall–Kier alpha value is -1.58. The van der Waals surface area contributed by atoms with E-state index in [2.05, 4.69) is 0 Å². The molecule has 100 valence electrons. The Labute approximate surface area is 116 Å². The fourth-order valence-electron chi connectivity index (χ4n) is 1.74. The highest BCUT2D eigenvalue weighted by Gasteiger charge is 2.12. The molecule has 0 heterocycles. The lowest BCUT2D eigenvalue weighted by molar-refractivity contribution is 0.170. The molecule has 0 radical (unpaired) electrons. The quantitative estimate of drug-likeness (QED) is 0.878. The fourth-order valence-corrected chi connectivity index (χ4v) is 1.91. The second kappa shape index (κ2) is 6.04. The minimum atomic E-state index is -0.591. The van der Waals surface area contributed by atoms with E-state index < -0.39 is 11.9 Å². The van der Waals surface area contributed by atoms with Gasteiger partial charge in [-0.15, -0.1) is 0 Å². The summed E-state index contributed by atoms with van der Waals surface area (Å²) in [5.74, 6) is 0.484. The molecule has 0 aliphatic heterocycles. The van der Waals surface area contributed by atoms with Gasteiger partial charge < -0.3 is 9.84 Å². The molecule has 2 aromatic rings. The van der Waals surface area contributed by atoms with Crippen molar-refractivity contribution in [2.75, 3.05) is 0 Å². The minimum Gasteiger partial charge on any atom is -0.457 e. The average Bonchev–Trinajstić information content (AvgIpc) is 2.43. The number of aliphatic hydroxyl groups excluding tert-OH is 1. The molecule has 2 rings (SSSR count). The molecule has 0 aliphatic carbocycles. The molecule has 0 saturated heterocycles. The first-order valence-electron chi connectivity index (χ1n) is 6.01. The molecule has 0 saturated carbocycles. The lowest BCUT2D eigenvalue weighted by atomic mass is 10.1. The van der Waals surface area contributed by atoms with Crippen LogP contribution in [0.3, 0.4) is 0 Å². The molecule has 2 nitrogen and oxygen atoms in total. The first-order valence-corrected chi connectivity index (χ1v) is 6.39. The van der Waals surface area contributed by atoms with E-state index in [0.29, 0.717) is 23.5 Å². The molecule has 1 N–H and O–H groups in total. The number of halogens is 2. The van der Waals surface area contributed by atoms with Crippen molar-refractivity contribution in [1.82, 2.24) is 0 Å². The van der Waals surface area contributed by atoms with Crippen LogP contribution < -0.4 is 4.74 Å². The summed E-state index contributed by atoms with van der Waals surface area (Å²) in [6.07, 6.45) is -0.00278. The van der Waals surface area contributed by atoms with Gasteiger partial charge in [0.15, 0.2) is 0 Å². The Morgan fingerprint density at radius 2 is 2.00 bits per heavy atom. The monoisotopic (exact) mass is 280 g/mol. The number of para-hydroxylation sites is 1. The molecule has 0 unspecified atom stereocenters. The van der Waals surface area contributed by atoms with Crippen LogP contribution >= 0.6 is 11.6 Å². The van der Waals surface area contributed by atoms with Crippen LogP contribution in [0.2, 0.25) is 5.02 Å². The van der Waals surface area contributed by atoms with Gasteiger partial charge in [-0.25, -0.2) is 4.39 Å². The Balaban J connectivity index is 2.30. The van der Waals surface area contributed by atoms with Gasteiger partial charge in [0, 0.05) is 11.6 Å². The van der Waals surface area contributed by atoms with Gasteiger partial charge in [-0.1, -0.05) is 36.7 Å². The number of hydrogen-bond donors (Lipinski definition) is 1. The molecule has 19 heavy (non-hydrogen) atoms. The highest BCUT2D eigenvalue weighted by Crippen LogP contribution is 2.32. The van der Waals surface area contributed by atoms with E-state index in [4.69, 9.17) is 16.3 Å². The second-order valence-corrected chi connectivity index (χ2v) is 4.55. The van der Waals surface area contributed by atoms with Gasteiger partial charge in [-0.2, -0.15) is 0 Å². The van der Waals surface area contributed by atoms with Crippen LogP contribution in [0, 0.1) is 5.82 Å². The van der Waals surface area contributed by atoms with E-state index in [9.17, 15) is 9.50 Å². The molecule has 0 bridgehead atoms. The van der Waals surface area contributed by atoms with Crippen molar-refractivity contribution in [3.63, 3.8) is 0 Å². The van der Waals surface area contributed by atoms with Crippen molar-refractivity contribution in [3.8, 4) is 11.5 Å². The van der Waals surface area contributed by atoms with Crippen LogP contribution in [0.25, 0.3) is 0 Å². The zero-order chi connectivity index (χ0) is 13.8. The molecule has 0 fully saturated rings. The van der Waals surface area contributed by atoms with Crippen LogP contribution in [-0.2, 0) is 0 Å². The van der Waals surface area contributed by atoms with E-state index in [1.807, 2.05) is 19.1 Å². The van der Waals surface area contributed by atoms with Crippen molar-refractivity contribution >= 4 is 11.6 Å². The largest absolute Gasteiger partial charge is 0.457 e. The summed E-state index contributed by atoms with van der Waals surface area (Å²) < 4.78 is 18.7. The zero-order valence-corrected chi connectivity index (χ0v) is 11.2. The number of aliphatic hydroxyl groups is 1. The lowest BCUT2D eigenvalue weighted by Gasteiger charge is -2.14. The summed E-state index contributed by atoms with van der Waals surface area (Å²) in [6.45, 7) is 1.89. The molecule has 0 spiro atoms. The summed E-state index contributed by atoms with van der Waals surface area (Å²) >= 11 is 5.71. The summed E-state index contributed by atoms with van der Waals surface area (Å²) in [5.41, 5.74) is 0.699. The van der Waals surface area contributed by atoms with Crippen LogP contribution in [-0.4, -0.2) is 5.11 Å². The molecule has 1 atom stereocenters. The third kappa shape index (κ3) is 3.25. The number of rotatable bonds is 4. The van der Waals surface area contributed by atoms with Crippen molar-refractivity contribution in [2.24, 2.45) is 0 Å². The second-order valence-electron chi connectivity index (χ2n) is 4.14. The third-order valence-electron chi connectivity index (χ3n) is 2.78. The standard InChI is InChI=1S/C15H14ClFO2/c1-2-14(18)11-5-3-4-6-15(11)19-10-7-8-13(17)12(16)9-10/h3-9,14,18H,2H2,1H3/t14-/m0/s1. The van der Waals surface area contributed by atoms with Crippen LogP contribution in [0.15, 0.2) is 42.5 Å². The fraction of sp³-hybridized carbons (Fsp3) is 0.200. The van der Waals surface area contributed by atoms with Gasteiger partial charge in [-0.3, -0.25) is 0 Å². The van der Waals surface area contributed by atoms with Gasteiger partial charge >= 0.3 is 0 Å². The Kier molecular flexibility index (Phi) is 4.40. The SMILES string of the molecule is CC[C@H](O)c1ccccc1Oc1ccc(F)c(Cl)c1. The number of hydrogen-bond acceptors (Lipinski definition) is 2. The summed E-state index contributed by atoms with van der Waals surface area (Å²) in [6, 6.07) is 11.4. The van der Waals surface area contributed by atoms with Crippen molar-refractivity contribution in [1.29, 1.82) is 0 Å². The highest BCUT2D eigenvalue weighted by molar-refractivity contribution is 6.30. The van der Waals surface area contributed by atoms with Crippen molar-refractivity contribution in [2.45, 2.75) is 19.4 Å². The van der Waals surface area contributed by atoms with Gasteiger partial charge in [-0.05, 0) is 24.6 Å². The van der Waals surface area contributed by atoms with Crippen LogP contribution in [0.1, 0.15) is 25.0 Å².